The van der Waals surface area contributed by atoms with Gasteiger partial charge in [-0.05, 0) is 61.8 Å². The van der Waals surface area contributed by atoms with Crippen LogP contribution in [0.25, 0.3) is 0 Å². The van der Waals surface area contributed by atoms with Crippen LogP contribution in [0.5, 0.6) is 5.75 Å². The number of carbonyl (C=O) groups is 2. The Kier molecular flexibility index (Phi) is 9.64. The van der Waals surface area contributed by atoms with Gasteiger partial charge in [-0.25, -0.2) is 10.9 Å². The lowest BCUT2D eigenvalue weighted by molar-refractivity contribution is -0.121. The van der Waals surface area contributed by atoms with Gasteiger partial charge in [-0.1, -0.05) is 35.9 Å². The SMILES string of the molecule is CCNC(=O)CC1N=C(c2ccc(Cl)cc2)c2cc(OCCC(=O)Nc3ccc(B(O)O)cc3)ccc2N2C(C)NNC12. The second kappa shape index (κ2) is 13.6. The first-order valence-electron chi connectivity index (χ1n) is 14.2. The number of hydrazine groups is 1. The maximum Gasteiger partial charge on any atom is 0.488 e. The molecule has 2 heterocycles. The molecule has 3 unspecified atom stereocenters. The Morgan fingerprint density at radius 2 is 1.79 bits per heavy atom. The smallest absolute Gasteiger partial charge is 0.488 e. The number of nitrogens with zero attached hydrogens (tertiary/aromatic N) is 2. The van der Waals surface area contributed by atoms with E-state index in [1.807, 2.05) is 56.3 Å². The number of nitrogens with one attached hydrogen (secondary N) is 4. The van der Waals surface area contributed by atoms with E-state index in [1.165, 1.54) is 12.1 Å². The fraction of sp³-hybridized carbons (Fsp3) is 0.300. The van der Waals surface area contributed by atoms with Crippen LogP contribution < -0.4 is 36.6 Å². The van der Waals surface area contributed by atoms with Crippen LogP contribution >= 0.6 is 11.6 Å². The summed E-state index contributed by atoms with van der Waals surface area (Å²) in [5.41, 5.74) is 10.8. The van der Waals surface area contributed by atoms with E-state index in [2.05, 4.69) is 26.4 Å². The topological polar surface area (TPSA) is 148 Å². The molecule has 0 radical (unpaired) electrons. The van der Waals surface area contributed by atoms with Crippen molar-refractivity contribution in [1.29, 1.82) is 0 Å². The van der Waals surface area contributed by atoms with E-state index in [1.54, 1.807) is 12.1 Å². The molecule has 0 saturated carbocycles. The van der Waals surface area contributed by atoms with Gasteiger partial charge in [0.1, 0.15) is 11.9 Å². The van der Waals surface area contributed by atoms with E-state index in [9.17, 15) is 19.6 Å². The molecule has 0 aliphatic carbocycles. The highest BCUT2D eigenvalue weighted by molar-refractivity contribution is 6.58. The largest absolute Gasteiger partial charge is 0.493 e. The lowest BCUT2D eigenvalue weighted by atomic mass is 9.80. The van der Waals surface area contributed by atoms with E-state index < -0.39 is 13.2 Å². The van der Waals surface area contributed by atoms with Crippen LogP contribution in [0.15, 0.2) is 71.7 Å². The van der Waals surface area contributed by atoms with Crippen LogP contribution in [0.1, 0.15) is 37.8 Å². The average molecular weight is 605 g/mol. The minimum Gasteiger partial charge on any atom is -0.493 e. The van der Waals surface area contributed by atoms with Crippen LogP contribution in [0, 0.1) is 0 Å². The van der Waals surface area contributed by atoms with Gasteiger partial charge in [-0.2, -0.15) is 0 Å². The zero-order valence-corrected chi connectivity index (χ0v) is 24.6. The summed E-state index contributed by atoms with van der Waals surface area (Å²) in [6, 6.07) is 19.1. The van der Waals surface area contributed by atoms with Gasteiger partial charge in [-0.15, -0.1) is 0 Å². The summed E-state index contributed by atoms with van der Waals surface area (Å²) in [4.78, 5) is 32.6. The number of ether oxygens (including phenoxy) is 1. The lowest BCUT2D eigenvalue weighted by Gasteiger charge is -2.31. The summed E-state index contributed by atoms with van der Waals surface area (Å²) in [6.45, 7) is 4.60. The molecule has 1 saturated heterocycles. The van der Waals surface area contributed by atoms with Crippen molar-refractivity contribution in [3.05, 3.63) is 82.9 Å². The molecule has 2 aliphatic heterocycles. The monoisotopic (exact) mass is 604 g/mol. The van der Waals surface area contributed by atoms with E-state index >= 15 is 0 Å². The highest BCUT2D eigenvalue weighted by Crippen LogP contribution is 2.36. The van der Waals surface area contributed by atoms with Crippen molar-refractivity contribution in [3.63, 3.8) is 0 Å². The zero-order chi connectivity index (χ0) is 30.5. The zero-order valence-electron chi connectivity index (χ0n) is 23.9. The average Bonchev–Trinajstić information content (AvgIpc) is 3.31. The lowest BCUT2D eigenvalue weighted by Crippen LogP contribution is -2.47. The van der Waals surface area contributed by atoms with Crippen LogP contribution in [0.2, 0.25) is 5.02 Å². The molecule has 6 N–H and O–H groups in total. The number of hydrogen-bond donors (Lipinski definition) is 6. The molecular formula is C30H34BClN6O5. The molecular weight excluding hydrogens is 571 g/mol. The van der Waals surface area contributed by atoms with E-state index in [0.717, 1.165) is 16.8 Å². The molecule has 2 aliphatic rings. The second-order valence-corrected chi connectivity index (χ2v) is 10.8. The Labute approximate surface area is 255 Å². The highest BCUT2D eigenvalue weighted by atomic mass is 35.5. The number of carbonyl (C=O) groups excluding carboxylic acids is 2. The first kappa shape index (κ1) is 30.5. The third-order valence-electron chi connectivity index (χ3n) is 7.29. The van der Waals surface area contributed by atoms with E-state index in [0.29, 0.717) is 34.2 Å². The molecule has 0 aromatic heterocycles. The maximum absolute atomic E-state index is 12.7. The van der Waals surface area contributed by atoms with Crippen molar-refractivity contribution in [3.8, 4) is 5.75 Å². The van der Waals surface area contributed by atoms with Gasteiger partial charge in [0.25, 0.3) is 0 Å². The first-order chi connectivity index (χ1) is 20.7. The molecule has 5 rings (SSSR count). The van der Waals surface area contributed by atoms with Crippen molar-refractivity contribution in [1.82, 2.24) is 16.2 Å². The Morgan fingerprint density at radius 3 is 2.49 bits per heavy atom. The number of rotatable bonds is 10. The number of aliphatic imine (C=N–C) groups is 1. The Bertz CT molecular complexity index is 1490. The summed E-state index contributed by atoms with van der Waals surface area (Å²) in [5, 5.41) is 24.8. The molecule has 1 fully saturated rings. The molecule has 0 spiro atoms. The molecule has 224 valence electrons. The Hall–Kier alpha value is -3.94. The summed E-state index contributed by atoms with van der Waals surface area (Å²) in [7, 11) is -1.57. The van der Waals surface area contributed by atoms with Crippen molar-refractivity contribution < 1.29 is 24.4 Å². The quantitative estimate of drug-likeness (QED) is 0.192. The van der Waals surface area contributed by atoms with Crippen molar-refractivity contribution >= 4 is 53.1 Å². The number of anilines is 2. The van der Waals surface area contributed by atoms with Gasteiger partial charge in [0.2, 0.25) is 11.8 Å². The first-order valence-corrected chi connectivity index (χ1v) is 14.5. The second-order valence-electron chi connectivity index (χ2n) is 10.3. The van der Waals surface area contributed by atoms with E-state index in [-0.39, 0.29) is 43.6 Å². The number of halogens is 1. The number of amides is 2. The predicted molar refractivity (Wildman–Crippen MR) is 168 cm³/mol. The maximum atomic E-state index is 12.7. The van der Waals surface area contributed by atoms with Gasteiger partial charge in [0.05, 0.1) is 37.4 Å². The molecule has 3 atom stereocenters. The van der Waals surface area contributed by atoms with E-state index in [4.69, 9.17) is 21.3 Å². The summed E-state index contributed by atoms with van der Waals surface area (Å²) < 4.78 is 6.02. The normalized spacial score (nSPS) is 19.0. The van der Waals surface area contributed by atoms with Gasteiger partial charge in [-0.3, -0.25) is 14.6 Å². The molecule has 13 heteroatoms. The Morgan fingerprint density at radius 1 is 1.05 bits per heavy atom. The minimum absolute atomic E-state index is 0.0783. The van der Waals surface area contributed by atoms with Crippen molar-refractivity contribution in [2.45, 2.75) is 45.1 Å². The van der Waals surface area contributed by atoms with Gasteiger partial charge in [0, 0.05) is 34.1 Å². The summed E-state index contributed by atoms with van der Waals surface area (Å²) >= 11 is 6.20. The number of fused-ring (bicyclic) bond motifs is 3. The number of benzene rings is 3. The van der Waals surface area contributed by atoms with Crippen LogP contribution in [0.4, 0.5) is 11.4 Å². The molecule has 3 aromatic rings. The number of hydrogen-bond acceptors (Lipinski definition) is 9. The van der Waals surface area contributed by atoms with Gasteiger partial charge >= 0.3 is 7.12 Å². The molecule has 11 nitrogen and oxygen atoms in total. The van der Waals surface area contributed by atoms with Crippen molar-refractivity contribution in [2.75, 3.05) is 23.4 Å². The van der Waals surface area contributed by atoms with Crippen LogP contribution in [0.3, 0.4) is 0 Å². The fourth-order valence-corrected chi connectivity index (χ4v) is 5.36. The van der Waals surface area contributed by atoms with Crippen LogP contribution in [-0.2, 0) is 9.59 Å². The molecule has 2 amide bonds. The molecule has 0 bridgehead atoms. The standard InChI is InChI=1S/C30H34BClN6O5/c1-3-33-28(40)17-25-30-37-36-18(2)38(30)26-13-12-23(16-24(26)29(35-25)19-4-8-21(32)9-5-19)43-15-14-27(39)34-22-10-6-20(7-11-22)31(41)42/h4-13,16,18,25,30,36-37,41-42H,3,14-15,17H2,1-2H3,(H,33,40)(H,34,39). The van der Waals surface area contributed by atoms with Crippen LogP contribution in [-0.4, -0.2) is 66.2 Å². The Balaban J connectivity index is 1.39. The molecule has 3 aromatic carbocycles. The van der Waals surface area contributed by atoms with Gasteiger partial charge in [0.15, 0.2) is 0 Å². The third-order valence-corrected chi connectivity index (χ3v) is 7.55. The summed E-state index contributed by atoms with van der Waals surface area (Å²) in [5.74, 6) is 0.249. The van der Waals surface area contributed by atoms with Gasteiger partial charge < -0.3 is 30.3 Å². The minimum atomic E-state index is -1.57. The van der Waals surface area contributed by atoms with Crippen molar-refractivity contribution in [2.24, 2.45) is 4.99 Å². The predicted octanol–water partition coefficient (Wildman–Crippen LogP) is 1.76. The summed E-state index contributed by atoms with van der Waals surface area (Å²) in [6.07, 6.45) is -0.0481. The highest BCUT2D eigenvalue weighted by Gasteiger charge is 2.40. The third kappa shape index (κ3) is 7.18. The fourth-order valence-electron chi connectivity index (χ4n) is 5.23. The molecule has 43 heavy (non-hydrogen) atoms.